The Labute approximate surface area is 123 Å². The van der Waals surface area contributed by atoms with Crippen LogP contribution in [-0.4, -0.2) is 84.7 Å². The standard InChI is InChI=1S/C15H31N3O2/c1-5-7-14(16(3)4)15(20)18-10-8-17(9-11-18)13(6-2)12-19/h13-14,19H,5-12H2,1-4H3. The van der Waals surface area contributed by atoms with Gasteiger partial charge in [0.15, 0.2) is 0 Å². The molecular formula is C15H31N3O2. The SMILES string of the molecule is CCCC(C(=O)N1CCN(C(CC)CO)CC1)N(C)C. The molecule has 0 aromatic carbocycles. The number of likely N-dealkylation sites (N-methyl/N-ethyl adjacent to an activating group) is 1. The molecule has 20 heavy (non-hydrogen) atoms. The second-order valence-corrected chi connectivity index (χ2v) is 5.87. The Bertz CT molecular complexity index is 285. The monoisotopic (exact) mass is 285 g/mol. The fourth-order valence-electron chi connectivity index (χ4n) is 2.90. The minimum absolute atomic E-state index is 0.00589. The molecule has 1 aliphatic rings. The number of rotatable bonds is 7. The lowest BCUT2D eigenvalue weighted by Gasteiger charge is -2.40. The van der Waals surface area contributed by atoms with Gasteiger partial charge >= 0.3 is 0 Å². The van der Waals surface area contributed by atoms with Gasteiger partial charge in [-0.25, -0.2) is 0 Å². The number of aliphatic hydroxyl groups excluding tert-OH is 1. The Morgan fingerprint density at radius 3 is 2.20 bits per heavy atom. The van der Waals surface area contributed by atoms with Gasteiger partial charge in [0.05, 0.1) is 12.6 Å². The van der Waals surface area contributed by atoms with Gasteiger partial charge in [0.25, 0.3) is 0 Å². The Balaban J connectivity index is 2.53. The molecule has 2 unspecified atom stereocenters. The highest BCUT2D eigenvalue weighted by Gasteiger charge is 2.29. The van der Waals surface area contributed by atoms with Gasteiger partial charge in [-0.15, -0.1) is 0 Å². The van der Waals surface area contributed by atoms with Crippen LogP contribution in [0.15, 0.2) is 0 Å². The number of nitrogens with zero attached hydrogens (tertiary/aromatic N) is 3. The van der Waals surface area contributed by atoms with Crippen molar-refractivity contribution in [2.45, 2.75) is 45.2 Å². The van der Waals surface area contributed by atoms with Gasteiger partial charge in [-0.1, -0.05) is 20.3 Å². The molecule has 5 heteroatoms. The number of piperazine rings is 1. The van der Waals surface area contributed by atoms with Crippen LogP contribution in [0.1, 0.15) is 33.1 Å². The van der Waals surface area contributed by atoms with E-state index in [2.05, 4.69) is 18.7 Å². The molecule has 5 nitrogen and oxygen atoms in total. The molecule has 0 saturated carbocycles. The number of carbonyl (C=O) groups is 1. The van der Waals surface area contributed by atoms with Gasteiger partial charge in [-0.3, -0.25) is 14.6 Å². The van der Waals surface area contributed by atoms with Gasteiger partial charge in [-0.05, 0) is 26.9 Å². The summed E-state index contributed by atoms with van der Waals surface area (Å²) in [4.78, 5) is 18.9. The summed E-state index contributed by atoms with van der Waals surface area (Å²) in [5.41, 5.74) is 0. The number of hydrogen-bond donors (Lipinski definition) is 1. The second kappa shape index (κ2) is 8.60. The number of aliphatic hydroxyl groups is 1. The number of carbonyl (C=O) groups excluding carboxylic acids is 1. The molecular weight excluding hydrogens is 254 g/mol. The molecule has 1 heterocycles. The Hall–Kier alpha value is -0.650. The maximum Gasteiger partial charge on any atom is 0.239 e. The molecule has 118 valence electrons. The molecule has 0 aromatic rings. The maximum absolute atomic E-state index is 12.6. The first-order valence-electron chi connectivity index (χ1n) is 7.85. The van der Waals surface area contributed by atoms with Crippen LogP contribution in [0.4, 0.5) is 0 Å². The summed E-state index contributed by atoms with van der Waals surface area (Å²) in [6.45, 7) is 7.73. The molecule has 1 saturated heterocycles. The topological polar surface area (TPSA) is 47.0 Å². The summed E-state index contributed by atoms with van der Waals surface area (Å²) in [7, 11) is 3.96. The van der Waals surface area contributed by atoms with Crippen molar-refractivity contribution in [3.8, 4) is 0 Å². The summed E-state index contributed by atoms with van der Waals surface area (Å²) < 4.78 is 0. The smallest absolute Gasteiger partial charge is 0.239 e. The molecule has 0 bridgehead atoms. The van der Waals surface area contributed by atoms with Crippen LogP contribution in [0.3, 0.4) is 0 Å². The molecule has 2 atom stereocenters. The number of amides is 1. The molecule has 0 aromatic heterocycles. The Kier molecular flexibility index (Phi) is 7.48. The zero-order chi connectivity index (χ0) is 15.1. The summed E-state index contributed by atoms with van der Waals surface area (Å²) in [5.74, 6) is 0.258. The lowest BCUT2D eigenvalue weighted by atomic mass is 10.1. The summed E-state index contributed by atoms with van der Waals surface area (Å²) in [6.07, 6.45) is 2.90. The normalized spacial score (nSPS) is 20.2. The second-order valence-electron chi connectivity index (χ2n) is 5.87. The fraction of sp³-hybridized carbons (Fsp3) is 0.933. The van der Waals surface area contributed by atoms with Crippen molar-refractivity contribution in [3.63, 3.8) is 0 Å². The third kappa shape index (κ3) is 4.43. The highest BCUT2D eigenvalue weighted by Crippen LogP contribution is 2.13. The van der Waals surface area contributed by atoms with Crippen molar-refractivity contribution in [3.05, 3.63) is 0 Å². The van der Waals surface area contributed by atoms with Crippen LogP contribution < -0.4 is 0 Å². The summed E-state index contributed by atoms with van der Waals surface area (Å²) in [5, 5.41) is 9.36. The minimum atomic E-state index is 0.00589. The first kappa shape index (κ1) is 17.4. The number of hydrogen-bond acceptors (Lipinski definition) is 4. The van der Waals surface area contributed by atoms with Crippen LogP contribution in [0.5, 0.6) is 0 Å². The van der Waals surface area contributed by atoms with E-state index in [1.165, 1.54) is 0 Å². The van der Waals surface area contributed by atoms with Crippen molar-refractivity contribution >= 4 is 5.91 Å². The van der Waals surface area contributed by atoms with Gasteiger partial charge < -0.3 is 10.0 Å². The predicted molar refractivity (Wildman–Crippen MR) is 81.7 cm³/mol. The Morgan fingerprint density at radius 2 is 1.80 bits per heavy atom. The van der Waals surface area contributed by atoms with Crippen molar-refractivity contribution in [1.29, 1.82) is 0 Å². The average molecular weight is 285 g/mol. The average Bonchev–Trinajstić information content (AvgIpc) is 2.46. The maximum atomic E-state index is 12.6. The van der Waals surface area contributed by atoms with Gasteiger partial charge in [0, 0.05) is 32.2 Å². The third-order valence-corrected chi connectivity index (χ3v) is 4.29. The fourth-order valence-corrected chi connectivity index (χ4v) is 2.90. The highest BCUT2D eigenvalue weighted by atomic mass is 16.3. The van der Waals surface area contributed by atoms with E-state index in [-0.39, 0.29) is 24.6 Å². The quantitative estimate of drug-likeness (QED) is 0.745. The molecule has 1 fully saturated rings. The summed E-state index contributed by atoms with van der Waals surface area (Å²) in [6, 6.07) is 0.249. The van der Waals surface area contributed by atoms with Crippen molar-refractivity contribution in [1.82, 2.24) is 14.7 Å². The van der Waals surface area contributed by atoms with Crippen LogP contribution in [0.2, 0.25) is 0 Å². The van der Waals surface area contributed by atoms with E-state index in [0.717, 1.165) is 45.4 Å². The van der Waals surface area contributed by atoms with Crippen LogP contribution >= 0.6 is 0 Å². The first-order valence-corrected chi connectivity index (χ1v) is 7.85. The minimum Gasteiger partial charge on any atom is -0.395 e. The lowest BCUT2D eigenvalue weighted by Crippen LogP contribution is -2.56. The molecule has 0 radical (unpaired) electrons. The highest BCUT2D eigenvalue weighted by molar-refractivity contribution is 5.82. The van der Waals surface area contributed by atoms with E-state index < -0.39 is 0 Å². The van der Waals surface area contributed by atoms with E-state index in [0.29, 0.717) is 0 Å². The molecule has 1 amide bonds. The first-order chi connectivity index (χ1) is 9.54. The van der Waals surface area contributed by atoms with Crippen molar-refractivity contribution < 1.29 is 9.90 Å². The molecule has 0 aliphatic carbocycles. The van der Waals surface area contributed by atoms with E-state index in [1.807, 2.05) is 23.9 Å². The van der Waals surface area contributed by atoms with E-state index in [4.69, 9.17) is 0 Å². The van der Waals surface area contributed by atoms with Crippen LogP contribution in [0.25, 0.3) is 0 Å². The lowest BCUT2D eigenvalue weighted by molar-refractivity contribution is -0.138. The largest absolute Gasteiger partial charge is 0.395 e. The van der Waals surface area contributed by atoms with Gasteiger partial charge in [-0.2, -0.15) is 0 Å². The molecule has 1 N–H and O–H groups in total. The van der Waals surface area contributed by atoms with E-state index >= 15 is 0 Å². The zero-order valence-electron chi connectivity index (χ0n) is 13.5. The van der Waals surface area contributed by atoms with Crippen molar-refractivity contribution in [2.75, 3.05) is 46.9 Å². The van der Waals surface area contributed by atoms with Gasteiger partial charge in [0.1, 0.15) is 0 Å². The molecule has 1 aliphatic heterocycles. The zero-order valence-corrected chi connectivity index (χ0v) is 13.5. The van der Waals surface area contributed by atoms with Gasteiger partial charge in [0.2, 0.25) is 5.91 Å². The van der Waals surface area contributed by atoms with Crippen LogP contribution in [0, 0.1) is 0 Å². The van der Waals surface area contributed by atoms with Crippen molar-refractivity contribution in [2.24, 2.45) is 0 Å². The van der Waals surface area contributed by atoms with E-state index in [1.54, 1.807) is 0 Å². The summed E-state index contributed by atoms with van der Waals surface area (Å²) >= 11 is 0. The Morgan fingerprint density at radius 1 is 1.20 bits per heavy atom. The molecule has 1 rings (SSSR count). The van der Waals surface area contributed by atoms with Crippen LogP contribution in [-0.2, 0) is 4.79 Å². The third-order valence-electron chi connectivity index (χ3n) is 4.29. The molecule has 0 spiro atoms. The van der Waals surface area contributed by atoms with E-state index in [9.17, 15) is 9.90 Å². The predicted octanol–water partition coefficient (Wildman–Crippen LogP) is 0.632.